The van der Waals surface area contributed by atoms with E-state index in [-0.39, 0.29) is 0 Å². The number of nitrogens with zero attached hydrogens (tertiary/aromatic N) is 7. The Hall–Kier alpha value is -7.02. The van der Waals surface area contributed by atoms with Crippen LogP contribution in [0.4, 0.5) is 17.1 Å². The molecule has 0 saturated heterocycles. The van der Waals surface area contributed by atoms with Crippen molar-refractivity contribution in [1.82, 2.24) is 30.9 Å². The van der Waals surface area contributed by atoms with Crippen LogP contribution < -0.4 is 4.90 Å². The van der Waals surface area contributed by atoms with E-state index in [0.717, 1.165) is 22.3 Å². The third-order valence-electron chi connectivity index (χ3n) is 10.2. The van der Waals surface area contributed by atoms with E-state index >= 15 is 0 Å². The highest BCUT2D eigenvalue weighted by molar-refractivity contribution is 7.26. The Morgan fingerprint density at radius 1 is 0.370 bits per heavy atom. The number of thiophene rings is 2. The van der Waals surface area contributed by atoms with Crippen LogP contribution in [0.3, 0.4) is 0 Å². The number of benzene rings is 7. The van der Waals surface area contributed by atoms with E-state index < -0.39 is 0 Å². The van der Waals surface area contributed by atoms with Crippen molar-refractivity contribution in [3.63, 3.8) is 0 Å². The zero-order valence-electron chi connectivity index (χ0n) is 27.8. The standard InChI is InChI=1S/C42H21N7O3S2/c1-3-10-34-26(6-1)28-20-22(12-18-36(28)53-34)24-14-16-32(41-38(24)44-51-47-41)49(31-9-5-8-30-40(31)46-50-43-30)33-17-15-25(39-42(33)48-52-45-39)23-13-19-37-29(21-23)27-7-2-4-11-35(27)54-37/h1-21H. The van der Waals surface area contributed by atoms with Crippen molar-refractivity contribution in [2.45, 2.75) is 0 Å². The van der Waals surface area contributed by atoms with E-state index in [1.165, 1.54) is 40.3 Å². The molecule has 0 unspecified atom stereocenters. The molecule has 0 fully saturated rings. The summed E-state index contributed by atoms with van der Waals surface area (Å²) in [6.07, 6.45) is 0. The summed E-state index contributed by atoms with van der Waals surface area (Å²) in [7, 11) is 0. The summed E-state index contributed by atoms with van der Waals surface area (Å²) >= 11 is 3.57. The summed E-state index contributed by atoms with van der Waals surface area (Å²) in [6.45, 7) is 0. The fourth-order valence-corrected chi connectivity index (χ4v) is 9.86. The van der Waals surface area contributed by atoms with Crippen molar-refractivity contribution in [3.05, 3.63) is 127 Å². The molecule has 12 aromatic rings. The first-order valence-corrected chi connectivity index (χ1v) is 18.8. The first kappa shape index (κ1) is 29.5. The second-order valence-corrected chi connectivity index (χ2v) is 15.2. The van der Waals surface area contributed by atoms with E-state index in [0.29, 0.717) is 50.2 Å². The van der Waals surface area contributed by atoms with E-state index in [4.69, 9.17) is 13.9 Å². The summed E-state index contributed by atoms with van der Waals surface area (Å²) in [5, 5.41) is 31.2. The molecule has 0 aliphatic heterocycles. The van der Waals surface area contributed by atoms with Crippen LogP contribution in [0, 0.1) is 0 Å². The molecule has 254 valence electrons. The monoisotopic (exact) mass is 735 g/mol. The fraction of sp³-hybridized carbons (Fsp3) is 0. The predicted octanol–water partition coefficient (Wildman–Crippen LogP) is 11.8. The van der Waals surface area contributed by atoms with Crippen LogP contribution in [0.1, 0.15) is 0 Å². The molecule has 12 heteroatoms. The molecule has 0 radical (unpaired) electrons. The summed E-state index contributed by atoms with van der Waals surface area (Å²) in [5.74, 6) is 0. The van der Waals surface area contributed by atoms with Crippen molar-refractivity contribution in [3.8, 4) is 22.3 Å². The van der Waals surface area contributed by atoms with Gasteiger partial charge in [0.2, 0.25) is 0 Å². The lowest BCUT2D eigenvalue weighted by Gasteiger charge is -2.25. The highest BCUT2D eigenvalue weighted by Crippen LogP contribution is 2.47. The SMILES string of the molecule is c1cc(N(c2ccc(-c3ccc4sc5ccccc5c4c3)c3nonc23)c2ccc(-c3ccc4sc5ccccc5c4c3)c3nonc23)c2nonc2c1. The zero-order valence-corrected chi connectivity index (χ0v) is 29.4. The Kier molecular flexibility index (Phi) is 6.15. The largest absolute Gasteiger partial charge is 0.303 e. The first-order valence-electron chi connectivity index (χ1n) is 17.1. The van der Waals surface area contributed by atoms with Crippen molar-refractivity contribution in [2.75, 3.05) is 4.90 Å². The van der Waals surface area contributed by atoms with Gasteiger partial charge in [-0.2, -0.15) is 0 Å². The first-order chi connectivity index (χ1) is 26.8. The van der Waals surface area contributed by atoms with Crippen LogP contribution >= 0.6 is 22.7 Å². The Morgan fingerprint density at radius 3 is 1.44 bits per heavy atom. The van der Waals surface area contributed by atoms with E-state index in [9.17, 15) is 0 Å². The molecular formula is C42H21N7O3S2. The Morgan fingerprint density at radius 2 is 0.852 bits per heavy atom. The number of hydrogen-bond donors (Lipinski definition) is 0. The predicted molar refractivity (Wildman–Crippen MR) is 214 cm³/mol. The topological polar surface area (TPSA) is 120 Å². The second kappa shape index (κ2) is 11.2. The van der Waals surface area contributed by atoms with Gasteiger partial charge in [-0.1, -0.05) is 54.6 Å². The van der Waals surface area contributed by atoms with Crippen LogP contribution in [-0.2, 0) is 0 Å². The quantitative estimate of drug-likeness (QED) is 0.169. The second-order valence-electron chi connectivity index (χ2n) is 13.1. The summed E-state index contributed by atoms with van der Waals surface area (Å²) < 4.78 is 21.2. The van der Waals surface area contributed by atoms with Gasteiger partial charge in [0.15, 0.2) is 16.6 Å². The number of anilines is 3. The molecule has 0 amide bonds. The molecule has 0 aliphatic rings. The van der Waals surface area contributed by atoms with Crippen molar-refractivity contribution in [1.29, 1.82) is 0 Å². The molecule has 0 saturated carbocycles. The summed E-state index contributed by atoms with van der Waals surface area (Å²) in [4.78, 5) is 2.02. The lowest BCUT2D eigenvalue weighted by Crippen LogP contribution is -2.12. The molecule has 54 heavy (non-hydrogen) atoms. The Labute approximate surface area is 311 Å². The lowest BCUT2D eigenvalue weighted by molar-refractivity contribution is 0.315. The van der Waals surface area contributed by atoms with Crippen LogP contribution in [0.15, 0.2) is 141 Å². The van der Waals surface area contributed by atoms with Gasteiger partial charge >= 0.3 is 0 Å². The van der Waals surface area contributed by atoms with Gasteiger partial charge < -0.3 is 4.90 Å². The lowest BCUT2D eigenvalue weighted by atomic mass is 9.99. The van der Waals surface area contributed by atoms with Gasteiger partial charge in [-0.3, -0.25) is 0 Å². The number of fused-ring (bicyclic) bond motifs is 9. The maximum Gasteiger partial charge on any atom is 0.159 e. The van der Waals surface area contributed by atoms with Crippen molar-refractivity contribution < 1.29 is 13.9 Å². The molecule has 0 bridgehead atoms. The minimum Gasteiger partial charge on any atom is -0.303 e. The van der Waals surface area contributed by atoms with Gasteiger partial charge in [0.25, 0.3) is 0 Å². The van der Waals surface area contributed by atoms with Gasteiger partial charge in [-0.25, -0.2) is 13.9 Å². The van der Waals surface area contributed by atoms with E-state index in [1.54, 1.807) is 22.7 Å². The minimum absolute atomic E-state index is 0.555. The molecular weight excluding hydrogens is 715 g/mol. The van der Waals surface area contributed by atoms with E-state index in [2.05, 4.69) is 128 Å². The summed E-state index contributed by atoms with van der Waals surface area (Å²) in [5.41, 5.74) is 9.39. The maximum atomic E-state index is 5.50. The van der Waals surface area contributed by atoms with Crippen molar-refractivity contribution >= 4 is 113 Å². The molecule has 0 N–H and O–H groups in total. The molecule has 0 spiro atoms. The van der Waals surface area contributed by atoms with Gasteiger partial charge in [0.05, 0.1) is 17.1 Å². The summed E-state index contributed by atoms with van der Waals surface area (Å²) in [6, 6.07) is 43.8. The molecule has 10 nitrogen and oxygen atoms in total. The molecule has 12 rings (SSSR count). The highest BCUT2D eigenvalue weighted by Gasteiger charge is 2.27. The van der Waals surface area contributed by atoms with Gasteiger partial charge in [-0.15, -0.1) is 22.7 Å². The third kappa shape index (κ3) is 4.26. The van der Waals surface area contributed by atoms with Gasteiger partial charge in [-0.05, 0) is 115 Å². The maximum absolute atomic E-state index is 5.50. The van der Waals surface area contributed by atoms with Crippen molar-refractivity contribution in [2.24, 2.45) is 0 Å². The average molecular weight is 736 g/mol. The zero-order chi connectivity index (χ0) is 35.3. The van der Waals surface area contributed by atoms with Crippen LogP contribution in [0.25, 0.3) is 95.7 Å². The Balaban J connectivity index is 1.06. The molecule has 7 aromatic carbocycles. The molecule has 0 aliphatic carbocycles. The fourth-order valence-electron chi connectivity index (χ4n) is 7.68. The average Bonchev–Trinajstić information content (AvgIpc) is 4.07. The van der Waals surface area contributed by atoms with Crippen LogP contribution in [0.2, 0.25) is 0 Å². The Bertz CT molecular complexity index is 3260. The smallest absolute Gasteiger partial charge is 0.159 e. The molecule has 0 atom stereocenters. The van der Waals surface area contributed by atoms with Gasteiger partial charge in [0.1, 0.15) is 16.6 Å². The van der Waals surface area contributed by atoms with Gasteiger partial charge in [0, 0.05) is 51.5 Å². The molecule has 5 heterocycles. The van der Waals surface area contributed by atoms with Crippen LogP contribution in [0.5, 0.6) is 0 Å². The normalized spacial score (nSPS) is 12.1. The highest BCUT2D eigenvalue weighted by atomic mass is 32.1. The number of aromatic nitrogens is 6. The van der Waals surface area contributed by atoms with E-state index in [1.807, 2.05) is 35.2 Å². The third-order valence-corrected chi connectivity index (χ3v) is 12.5. The number of hydrogen-bond acceptors (Lipinski definition) is 12. The van der Waals surface area contributed by atoms with Crippen LogP contribution in [-0.4, -0.2) is 30.9 Å². The minimum atomic E-state index is 0.555. The molecule has 5 aromatic heterocycles. The number of rotatable bonds is 5.